The molecule has 0 bridgehead atoms. The minimum absolute atomic E-state index is 0.131. The van der Waals surface area contributed by atoms with Gasteiger partial charge in [-0.05, 0) is 25.0 Å². The molecule has 1 aliphatic carbocycles. The Kier molecular flexibility index (Phi) is 2.06. The lowest BCUT2D eigenvalue weighted by atomic mass is 10.2. The van der Waals surface area contributed by atoms with Crippen LogP contribution in [0.4, 0.5) is 13.2 Å². The highest BCUT2D eigenvalue weighted by Gasteiger charge is 2.62. The van der Waals surface area contributed by atoms with Crippen LogP contribution in [0.15, 0.2) is 22.8 Å². The smallest absolute Gasteiger partial charge is 0.406 e. The quantitative estimate of drug-likeness (QED) is 0.819. The predicted octanol–water partition coefficient (Wildman–Crippen LogP) is 2.46. The molecule has 2 nitrogen and oxygen atoms in total. The van der Waals surface area contributed by atoms with E-state index in [1.165, 1.54) is 6.26 Å². The van der Waals surface area contributed by atoms with Gasteiger partial charge in [-0.1, -0.05) is 0 Å². The van der Waals surface area contributed by atoms with Crippen molar-refractivity contribution >= 4 is 0 Å². The number of alkyl halides is 3. The van der Waals surface area contributed by atoms with Crippen molar-refractivity contribution in [3.63, 3.8) is 0 Å². The van der Waals surface area contributed by atoms with Crippen LogP contribution in [0.25, 0.3) is 0 Å². The molecule has 0 spiro atoms. The zero-order chi connectivity index (χ0) is 10.2. The van der Waals surface area contributed by atoms with Crippen LogP contribution < -0.4 is 5.32 Å². The van der Waals surface area contributed by atoms with Gasteiger partial charge in [0.25, 0.3) is 0 Å². The molecule has 0 atom stereocenters. The van der Waals surface area contributed by atoms with E-state index in [0.717, 1.165) is 0 Å². The number of hydrogen-bond acceptors (Lipinski definition) is 2. The standard InChI is InChI=1S/C9H10F3NO/c10-9(11,12)8(3-4-8)13-6-7-2-1-5-14-7/h1-2,5,13H,3-4,6H2. The fourth-order valence-corrected chi connectivity index (χ4v) is 1.35. The normalized spacial score (nSPS) is 19.6. The van der Waals surface area contributed by atoms with Gasteiger partial charge in [-0.3, -0.25) is 5.32 Å². The van der Waals surface area contributed by atoms with Crippen molar-refractivity contribution in [2.24, 2.45) is 0 Å². The van der Waals surface area contributed by atoms with Crippen LogP contribution in [-0.4, -0.2) is 11.7 Å². The van der Waals surface area contributed by atoms with E-state index >= 15 is 0 Å². The van der Waals surface area contributed by atoms with Gasteiger partial charge in [-0.15, -0.1) is 0 Å². The molecule has 0 radical (unpaired) electrons. The summed E-state index contributed by atoms with van der Waals surface area (Å²) in [4.78, 5) is 0. The van der Waals surface area contributed by atoms with E-state index in [1.807, 2.05) is 0 Å². The van der Waals surface area contributed by atoms with Crippen LogP contribution in [0, 0.1) is 0 Å². The zero-order valence-electron chi connectivity index (χ0n) is 7.40. The molecule has 1 saturated carbocycles. The van der Waals surface area contributed by atoms with Crippen molar-refractivity contribution in [2.45, 2.75) is 31.1 Å². The van der Waals surface area contributed by atoms with E-state index in [9.17, 15) is 13.2 Å². The van der Waals surface area contributed by atoms with E-state index < -0.39 is 11.7 Å². The number of halogens is 3. The summed E-state index contributed by atoms with van der Waals surface area (Å²) in [6.45, 7) is 0.131. The zero-order valence-corrected chi connectivity index (χ0v) is 7.40. The highest BCUT2D eigenvalue weighted by molar-refractivity contribution is 5.09. The van der Waals surface area contributed by atoms with Crippen LogP contribution in [0.5, 0.6) is 0 Å². The maximum atomic E-state index is 12.4. The van der Waals surface area contributed by atoms with Crippen LogP contribution in [0.2, 0.25) is 0 Å². The fraction of sp³-hybridized carbons (Fsp3) is 0.556. The van der Waals surface area contributed by atoms with E-state index in [2.05, 4.69) is 5.32 Å². The molecular formula is C9H10F3NO. The van der Waals surface area contributed by atoms with E-state index in [-0.39, 0.29) is 19.4 Å². The minimum Gasteiger partial charge on any atom is -0.468 e. The van der Waals surface area contributed by atoms with Crippen molar-refractivity contribution in [3.05, 3.63) is 24.2 Å². The molecule has 14 heavy (non-hydrogen) atoms. The fourth-order valence-electron chi connectivity index (χ4n) is 1.35. The van der Waals surface area contributed by atoms with Crippen molar-refractivity contribution in [1.29, 1.82) is 0 Å². The number of hydrogen-bond donors (Lipinski definition) is 1. The van der Waals surface area contributed by atoms with E-state index in [0.29, 0.717) is 5.76 Å². The Hall–Kier alpha value is -0.970. The molecular weight excluding hydrogens is 195 g/mol. The van der Waals surface area contributed by atoms with Gasteiger partial charge < -0.3 is 4.42 Å². The van der Waals surface area contributed by atoms with Crippen LogP contribution in [-0.2, 0) is 6.54 Å². The lowest BCUT2D eigenvalue weighted by Crippen LogP contribution is -2.44. The van der Waals surface area contributed by atoms with Gasteiger partial charge in [-0.2, -0.15) is 13.2 Å². The summed E-state index contributed by atoms with van der Waals surface area (Å²) < 4.78 is 42.2. The van der Waals surface area contributed by atoms with Gasteiger partial charge in [0.15, 0.2) is 0 Å². The Morgan fingerprint density at radius 3 is 2.57 bits per heavy atom. The molecule has 1 heterocycles. The third-order valence-corrected chi connectivity index (χ3v) is 2.47. The lowest BCUT2D eigenvalue weighted by Gasteiger charge is -2.19. The third kappa shape index (κ3) is 1.64. The number of rotatable bonds is 3. The monoisotopic (exact) mass is 205 g/mol. The highest BCUT2D eigenvalue weighted by Crippen LogP contribution is 2.49. The van der Waals surface area contributed by atoms with Crippen LogP contribution in [0.1, 0.15) is 18.6 Å². The molecule has 0 aromatic carbocycles. The first-order valence-electron chi connectivity index (χ1n) is 4.38. The molecule has 1 fully saturated rings. The van der Waals surface area contributed by atoms with Crippen LogP contribution in [0.3, 0.4) is 0 Å². The summed E-state index contributed by atoms with van der Waals surface area (Å²) in [6.07, 6.45) is -2.38. The van der Waals surface area contributed by atoms with Crippen LogP contribution >= 0.6 is 0 Å². The Balaban J connectivity index is 1.93. The van der Waals surface area contributed by atoms with Gasteiger partial charge in [0.2, 0.25) is 0 Å². The van der Waals surface area contributed by atoms with Crippen molar-refractivity contribution in [2.75, 3.05) is 0 Å². The Labute approximate surface area is 79.1 Å². The average Bonchev–Trinajstić information content (AvgIpc) is 2.72. The molecule has 0 saturated heterocycles. The van der Waals surface area contributed by atoms with Crippen molar-refractivity contribution < 1.29 is 17.6 Å². The first-order valence-corrected chi connectivity index (χ1v) is 4.38. The summed E-state index contributed by atoms with van der Waals surface area (Å²) >= 11 is 0. The first kappa shape index (κ1) is 9.58. The summed E-state index contributed by atoms with van der Waals surface area (Å²) in [6, 6.07) is 3.31. The summed E-state index contributed by atoms with van der Waals surface area (Å²) in [7, 11) is 0. The molecule has 2 rings (SSSR count). The molecule has 1 aromatic heterocycles. The van der Waals surface area contributed by atoms with Gasteiger partial charge in [-0.25, -0.2) is 0 Å². The van der Waals surface area contributed by atoms with Gasteiger partial charge in [0.1, 0.15) is 11.3 Å². The summed E-state index contributed by atoms with van der Waals surface area (Å²) in [5.74, 6) is 0.528. The molecule has 1 aromatic rings. The Morgan fingerprint density at radius 1 is 1.43 bits per heavy atom. The molecule has 0 unspecified atom stereocenters. The Bertz CT molecular complexity index is 300. The Morgan fingerprint density at radius 2 is 2.14 bits per heavy atom. The van der Waals surface area contributed by atoms with Gasteiger partial charge in [0.05, 0.1) is 12.8 Å². The highest BCUT2D eigenvalue weighted by atomic mass is 19.4. The molecule has 1 N–H and O–H groups in total. The second kappa shape index (κ2) is 3.02. The largest absolute Gasteiger partial charge is 0.468 e. The molecule has 0 amide bonds. The molecule has 5 heteroatoms. The third-order valence-electron chi connectivity index (χ3n) is 2.47. The number of nitrogens with one attached hydrogen (secondary N) is 1. The van der Waals surface area contributed by atoms with Crippen molar-refractivity contribution in [1.82, 2.24) is 5.32 Å². The SMILES string of the molecule is FC(F)(F)C1(NCc2ccco2)CC1. The first-order chi connectivity index (χ1) is 6.54. The average molecular weight is 205 g/mol. The molecule has 78 valence electrons. The topological polar surface area (TPSA) is 25.2 Å². The van der Waals surface area contributed by atoms with E-state index in [4.69, 9.17) is 4.42 Å². The predicted molar refractivity (Wildman–Crippen MR) is 43.6 cm³/mol. The molecule has 1 aliphatic rings. The van der Waals surface area contributed by atoms with Crippen molar-refractivity contribution in [3.8, 4) is 0 Å². The molecule has 0 aliphatic heterocycles. The van der Waals surface area contributed by atoms with E-state index in [1.54, 1.807) is 12.1 Å². The second-order valence-electron chi connectivity index (χ2n) is 3.51. The summed E-state index contributed by atoms with van der Waals surface area (Å²) in [5, 5.41) is 2.49. The maximum Gasteiger partial charge on any atom is 0.406 e. The summed E-state index contributed by atoms with van der Waals surface area (Å²) in [5.41, 5.74) is -1.65. The van der Waals surface area contributed by atoms with Gasteiger partial charge in [0, 0.05) is 0 Å². The lowest BCUT2D eigenvalue weighted by molar-refractivity contribution is -0.166. The minimum atomic E-state index is -4.15. The van der Waals surface area contributed by atoms with Gasteiger partial charge >= 0.3 is 6.18 Å². The second-order valence-corrected chi connectivity index (χ2v) is 3.51. The maximum absolute atomic E-state index is 12.4. The number of furan rings is 1.